The lowest BCUT2D eigenvalue weighted by molar-refractivity contribution is 0.410. The first-order valence-electron chi connectivity index (χ1n) is 7.57. The fourth-order valence-electron chi connectivity index (χ4n) is 2.89. The Balaban J connectivity index is 2.27. The van der Waals surface area contributed by atoms with Gasteiger partial charge in [0, 0.05) is 27.5 Å². The maximum atomic E-state index is 5.44. The van der Waals surface area contributed by atoms with E-state index in [1.54, 1.807) is 7.11 Å². The molecule has 4 unspecified atom stereocenters. The molecule has 0 aromatic heterocycles. The molecule has 4 heteroatoms. The maximum absolute atomic E-state index is 5.44. The van der Waals surface area contributed by atoms with E-state index >= 15 is 0 Å². The molecule has 2 rings (SSSR count). The molecule has 0 amide bonds. The van der Waals surface area contributed by atoms with Gasteiger partial charge < -0.3 is 10.1 Å². The molecule has 118 valence electrons. The first-order valence-corrected chi connectivity index (χ1v) is 9.56. The molecule has 1 aromatic carbocycles. The van der Waals surface area contributed by atoms with Crippen LogP contribution in [0.5, 0.6) is 5.75 Å². The summed E-state index contributed by atoms with van der Waals surface area (Å²) in [5, 5.41) is 5.64. The molecule has 0 spiro atoms. The number of hydrogen-bond donors (Lipinski definition) is 1. The smallest absolute Gasteiger partial charge is 0.122 e. The van der Waals surface area contributed by atoms with Crippen LogP contribution >= 0.6 is 23.5 Å². The van der Waals surface area contributed by atoms with Gasteiger partial charge in [0.2, 0.25) is 0 Å². The molecule has 21 heavy (non-hydrogen) atoms. The molecular formula is C17H27NOS2. The molecule has 1 fully saturated rings. The number of rotatable bonds is 4. The second kappa shape index (κ2) is 7.30. The summed E-state index contributed by atoms with van der Waals surface area (Å²) in [6, 6.07) is 4.87. The van der Waals surface area contributed by atoms with Crippen LogP contribution in [0.4, 0.5) is 0 Å². The fraction of sp³-hybridized carbons (Fsp3) is 0.647. The number of hydrogen-bond acceptors (Lipinski definition) is 4. The Hall–Kier alpha value is -0.320. The highest BCUT2D eigenvalue weighted by atomic mass is 32.2. The predicted octanol–water partition coefficient (Wildman–Crippen LogP) is 4.20. The standard InChI is InChI=1S/C17H27NOS2/c1-10-8-15(19-6)11(2)7-14(10)17(18-5)16-9-20-12(3)13(4)21-16/h7-8,12-13,16-18H,9H2,1-6H3. The largest absolute Gasteiger partial charge is 0.496 e. The number of aryl methyl sites for hydroxylation is 2. The van der Waals surface area contributed by atoms with Crippen LogP contribution in [0.1, 0.15) is 36.6 Å². The van der Waals surface area contributed by atoms with Gasteiger partial charge in [-0.15, -0.1) is 0 Å². The molecule has 0 bridgehead atoms. The number of thioether (sulfide) groups is 2. The molecule has 2 nitrogen and oxygen atoms in total. The Bertz CT molecular complexity index is 492. The molecule has 0 saturated carbocycles. The third kappa shape index (κ3) is 3.72. The van der Waals surface area contributed by atoms with Crippen molar-refractivity contribution in [2.24, 2.45) is 0 Å². The predicted molar refractivity (Wildman–Crippen MR) is 97.0 cm³/mol. The average molecular weight is 326 g/mol. The quantitative estimate of drug-likeness (QED) is 0.895. The zero-order valence-corrected chi connectivity index (χ0v) is 15.5. The van der Waals surface area contributed by atoms with Crippen molar-refractivity contribution in [2.45, 2.75) is 49.5 Å². The summed E-state index contributed by atoms with van der Waals surface area (Å²) in [6.07, 6.45) is 0. The Morgan fingerprint density at radius 3 is 2.48 bits per heavy atom. The Morgan fingerprint density at radius 2 is 1.90 bits per heavy atom. The lowest BCUT2D eigenvalue weighted by Crippen LogP contribution is -2.36. The average Bonchev–Trinajstić information content (AvgIpc) is 2.46. The molecule has 1 aliphatic rings. The van der Waals surface area contributed by atoms with Gasteiger partial charge in [0.05, 0.1) is 7.11 Å². The summed E-state index contributed by atoms with van der Waals surface area (Å²) < 4.78 is 5.44. The second-order valence-electron chi connectivity index (χ2n) is 5.86. The summed E-state index contributed by atoms with van der Waals surface area (Å²) in [5.41, 5.74) is 3.94. The molecule has 1 saturated heterocycles. The van der Waals surface area contributed by atoms with Gasteiger partial charge in [-0.3, -0.25) is 0 Å². The minimum absolute atomic E-state index is 0.405. The van der Waals surface area contributed by atoms with Crippen molar-refractivity contribution in [2.75, 3.05) is 19.9 Å². The van der Waals surface area contributed by atoms with Gasteiger partial charge >= 0.3 is 0 Å². The van der Waals surface area contributed by atoms with Crippen LogP contribution in [0.15, 0.2) is 12.1 Å². The van der Waals surface area contributed by atoms with Gasteiger partial charge in [-0.1, -0.05) is 19.9 Å². The normalized spacial score (nSPS) is 27.4. The van der Waals surface area contributed by atoms with Gasteiger partial charge in [-0.25, -0.2) is 0 Å². The summed E-state index contributed by atoms with van der Waals surface area (Å²) in [7, 11) is 3.82. The van der Waals surface area contributed by atoms with Crippen LogP contribution < -0.4 is 10.1 Å². The first-order chi connectivity index (χ1) is 9.97. The Labute approximate surface area is 137 Å². The third-order valence-corrected chi connectivity index (χ3v) is 7.87. The van der Waals surface area contributed by atoms with Gasteiger partial charge in [0.25, 0.3) is 0 Å². The van der Waals surface area contributed by atoms with E-state index in [4.69, 9.17) is 4.74 Å². The van der Waals surface area contributed by atoms with E-state index in [0.717, 1.165) is 11.0 Å². The fourth-order valence-corrected chi connectivity index (χ4v) is 6.04. The van der Waals surface area contributed by atoms with E-state index in [0.29, 0.717) is 16.5 Å². The third-order valence-electron chi connectivity index (χ3n) is 4.38. The summed E-state index contributed by atoms with van der Waals surface area (Å²) in [5.74, 6) is 2.20. The maximum Gasteiger partial charge on any atom is 0.122 e. The molecule has 4 atom stereocenters. The zero-order valence-electron chi connectivity index (χ0n) is 13.9. The minimum atomic E-state index is 0.405. The summed E-state index contributed by atoms with van der Waals surface area (Å²) >= 11 is 4.24. The topological polar surface area (TPSA) is 21.3 Å². The molecule has 1 N–H and O–H groups in total. The Morgan fingerprint density at radius 1 is 1.19 bits per heavy atom. The van der Waals surface area contributed by atoms with Crippen molar-refractivity contribution in [1.82, 2.24) is 5.32 Å². The van der Waals surface area contributed by atoms with E-state index < -0.39 is 0 Å². The van der Waals surface area contributed by atoms with E-state index in [1.807, 2.05) is 0 Å². The molecule has 1 aliphatic heterocycles. The number of methoxy groups -OCH3 is 1. The van der Waals surface area contributed by atoms with E-state index in [1.165, 1.54) is 22.4 Å². The van der Waals surface area contributed by atoms with Gasteiger partial charge in [-0.05, 0) is 43.7 Å². The SMILES string of the molecule is CNC(c1cc(C)c(OC)cc1C)C1CSC(C)C(C)S1. The zero-order chi connectivity index (χ0) is 15.6. The molecular weight excluding hydrogens is 298 g/mol. The van der Waals surface area contributed by atoms with Gasteiger partial charge in [-0.2, -0.15) is 23.5 Å². The van der Waals surface area contributed by atoms with Crippen LogP contribution in [0.2, 0.25) is 0 Å². The summed E-state index contributed by atoms with van der Waals surface area (Å²) in [4.78, 5) is 0. The van der Waals surface area contributed by atoms with Crippen molar-refractivity contribution < 1.29 is 4.74 Å². The van der Waals surface area contributed by atoms with Crippen LogP contribution in [0, 0.1) is 13.8 Å². The van der Waals surface area contributed by atoms with Crippen molar-refractivity contribution in [3.8, 4) is 5.75 Å². The molecule has 0 aliphatic carbocycles. The van der Waals surface area contributed by atoms with Crippen LogP contribution in [-0.4, -0.2) is 35.7 Å². The lowest BCUT2D eigenvalue weighted by Gasteiger charge is -2.36. The van der Waals surface area contributed by atoms with Crippen molar-refractivity contribution in [3.05, 3.63) is 28.8 Å². The highest BCUT2D eigenvalue weighted by Gasteiger charge is 2.32. The first kappa shape index (κ1) is 17.0. The molecule has 1 heterocycles. The highest BCUT2D eigenvalue weighted by Crippen LogP contribution is 2.42. The summed E-state index contributed by atoms with van der Waals surface area (Å²) in [6.45, 7) is 9.01. The van der Waals surface area contributed by atoms with Crippen LogP contribution in [0.25, 0.3) is 0 Å². The minimum Gasteiger partial charge on any atom is -0.496 e. The number of benzene rings is 1. The van der Waals surface area contributed by atoms with E-state index in [-0.39, 0.29) is 0 Å². The number of nitrogens with one attached hydrogen (secondary N) is 1. The van der Waals surface area contributed by atoms with Crippen LogP contribution in [0.3, 0.4) is 0 Å². The monoisotopic (exact) mass is 325 g/mol. The van der Waals surface area contributed by atoms with Crippen molar-refractivity contribution in [1.29, 1.82) is 0 Å². The highest BCUT2D eigenvalue weighted by molar-refractivity contribution is 8.07. The molecule has 0 radical (unpaired) electrons. The van der Waals surface area contributed by atoms with Crippen molar-refractivity contribution in [3.63, 3.8) is 0 Å². The lowest BCUT2D eigenvalue weighted by atomic mass is 9.96. The van der Waals surface area contributed by atoms with Gasteiger partial charge in [0.1, 0.15) is 5.75 Å². The van der Waals surface area contributed by atoms with Gasteiger partial charge in [0.15, 0.2) is 0 Å². The molecule has 1 aromatic rings. The van der Waals surface area contributed by atoms with E-state index in [2.05, 4.69) is 75.7 Å². The van der Waals surface area contributed by atoms with Crippen molar-refractivity contribution >= 4 is 23.5 Å². The Kier molecular flexibility index (Phi) is 5.92. The number of ether oxygens (including phenoxy) is 1. The second-order valence-corrected chi connectivity index (χ2v) is 8.89. The van der Waals surface area contributed by atoms with Crippen LogP contribution in [-0.2, 0) is 0 Å². The van der Waals surface area contributed by atoms with E-state index in [9.17, 15) is 0 Å².